The molecule has 7 nitrogen and oxygen atoms in total. The molecular formula is C15H17N3O4. The first-order chi connectivity index (χ1) is 10.8. The highest BCUT2D eigenvalue weighted by molar-refractivity contribution is 5.91. The summed E-state index contributed by atoms with van der Waals surface area (Å²) < 4.78 is 16.0. The van der Waals surface area contributed by atoms with Gasteiger partial charge in [0.05, 0.1) is 32.3 Å². The molecule has 0 unspecified atom stereocenters. The van der Waals surface area contributed by atoms with Gasteiger partial charge in [0.1, 0.15) is 6.10 Å². The van der Waals surface area contributed by atoms with Gasteiger partial charge in [0, 0.05) is 6.54 Å². The van der Waals surface area contributed by atoms with E-state index in [1.165, 1.54) is 25.8 Å². The fraction of sp³-hybridized carbons (Fsp3) is 0.400. The summed E-state index contributed by atoms with van der Waals surface area (Å²) in [5.74, 6) is 1.03. The largest absolute Gasteiger partial charge is 0.480 e. The Hall–Kier alpha value is -2.57. The van der Waals surface area contributed by atoms with Gasteiger partial charge in [-0.1, -0.05) is 0 Å². The number of ether oxygens (including phenoxy) is 2. The van der Waals surface area contributed by atoms with E-state index in [1.807, 2.05) is 0 Å². The van der Waals surface area contributed by atoms with Gasteiger partial charge in [0.2, 0.25) is 11.8 Å². The fourth-order valence-electron chi connectivity index (χ4n) is 2.43. The third-order valence-corrected chi connectivity index (χ3v) is 3.48. The van der Waals surface area contributed by atoms with Crippen molar-refractivity contribution < 1.29 is 18.7 Å². The lowest BCUT2D eigenvalue weighted by Crippen LogP contribution is -2.44. The maximum atomic E-state index is 12.3. The minimum absolute atomic E-state index is 0.116. The van der Waals surface area contributed by atoms with Crippen molar-refractivity contribution in [3.8, 4) is 11.8 Å². The summed E-state index contributed by atoms with van der Waals surface area (Å²) in [6.07, 6.45) is 6.16. The zero-order valence-corrected chi connectivity index (χ0v) is 12.3. The van der Waals surface area contributed by atoms with Crippen LogP contribution in [0.15, 0.2) is 35.2 Å². The van der Waals surface area contributed by atoms with Crippen LogP contribution in [0.1, 0.15) is 23.4 Å². The summed E-state index contributed by atoms with van der Waals surface area (Å²) in [6.45, 7) is 1.20. The summed E-state index contributed by atoms with van der Waals surface area (Å²) in [6, 6.07) is 3.37. The molecule has 1 atom stereocenters. The fourth-order valence-corrected chi connectivity index (χ4v) is 2.43. The highest BCUT2D eigenvalue weighted by atomic mass is 16.5. The molecule has 1 amide bonds. The molecule has 2 aromatic rings. The Morgan fingerprint density at radius 1 is 1.41 bits per heavy atom. The van der Waals surface area contributed by atoms with Gasteiger partial charge >= 0.3 is 0 Å². The number of furan rings is 1. The Bertz CT molecular complexity index is 629. The van der Waals surface area contributed by atoms with Crippen molar-refractivity contribution in [3.63, 3.8) is 0 Å². The number of hydrogen-bond donors (Lipinski definition) is 0. The minimum atomic E-state index is -0.117. The molecule has 22 heavy (non-hydrogen) atoms. The van der Waals surface area contributed by atoms with Crippen LogP contribution in [0.5, 0.6) is 11.8 Å². The number of nitrogens with zero attached hydrogens (tertiary/aromatic N) is 3. The van der Waals surface area contributed by atoms with Crippen LogP contribution >= 0.6 is 0 Å². The second kappa shape index (κ2) is 6.46. The topological polar surface area (TPSA) is 77.7 Å². The summed E-state index contributed by atoms with van der Waals surface area (Å²) in [4.78, 5) is 22.2. The van der Waals surface area contributed by atoms with Crippen LogP contribution in [0.4, 0.5) is 0 Å². The molecule has 1 saturated heterocycles. The van der Waals surface area contributed by atoms with E-state index in [9.17, 15) is 4.79 Å². The molecule has 116 valence electrons. The third-order valence-electron chi connectivity index (χ3n) is 3.48. The smallest absolute Gasteiger partial charge is 0.289 e. The zero-order chi connectivity index (χ0) is 15.4. The van der Waals surface area contributed by atoms with Gasteiger partial charge < -0.3 is 18.8 Å². The van der Waals surface area contributed by atoms with E-state index in [0.717, 1.165) is 12.8 Å². The third kappa shape index (κ3) is 3.19. The highest BCUT2D eigenvalue weighted by Gasteiger charge is 2.27. The molecule has 3 heterocycles. The van der Waals surface area contributed by atoms with Crippen molar-refractivity contribution in [2.24, 2.45) is 0 Å². The number of hydrogen-bond acceptors (Lipinski definition) is 6. The van der Waals surface area contributed by atoms with E-state index < -0.39 is 0 Å². The van der Waals surface area contributed by atoms with Crippen LogP contribution in [-0.4, -0.2) is 47.1 Å². The van der Waals surface area contributed by atoms with E-state index in [-0.39, 0.29) is 12.0 Å². The maximum absolute atomic E-state index is 12.3. The van der Waals surface area contributed by atoms with Crippen LogP contribution in [-0.2, 0) is 0 Å². The number of rotatable bonds is 4. The predicted molar refractivity (Wildman–Crippen MR) is 76.8 cm³/mol. The number of methoxy groups -OCH3 is 1. The van der Waals surface area contributed by atoms with E-state index in [1.54, 1.807) is 17.0 Å². The molecule has 2 aromatic heterocycles. The van der Waals surface area contributed by atoms with Gasteiger partial charge in [0.25, 0.3) is 5.91 Å². The first kappa shape index (κ1) is 14.4. The number of piperidine rings is 1. The molecule has 1 aliphatic heterocycles. The average Bonchev–Trinajstić information content (AvgIpc) is 3.09. The van der Waals surface area contributed by atoms with E-state index in [4.69, 9.17) is 13.9 Å². The molecule has 1 aliphatic rings. The molecule has 0 aliphatic carbocycles. The minimum Gasteiger partial charge on any atom is -0.480 e. The van der Waals surface area contributed by atoms with E-state index in [0.29, 0.717) is 30.6 Å². The van der Waals surface area contributed by atoms with Crippen molar-refractivity contribution in [3.05, 3.63) is 36.5 Å². The number of carbonyl (C=O) groups excluding carboxylic acids is 1. The molecule has 0 aromatic carbocycles. The quantitative estimate of drug-likeness (QED) is 0.856. The molecule has 3 rings (SSSR count). The molecule has 0 bridgehead atoms. The van der Waals surface area contributed by atoms with Gasteiger partial charge in [-0.05, 0) is 25.0 Å². The second-order valence-corrected chi connectivity index (χ2v) is 5.01. The first-order valence-electron chi connectivity index (χ1n) is 7.12. The van der Waals surface area contributed by atoms with E-state index in [2.05, 4.69) is 9.97 Å². The molecule has 0 N–H and O–H groups in total. The van der Waals surface area contributed by atoms with Gasteiger partial charge in [-0.15, -0.1) is 0 Å². The lowest BCUT2D eigenvalue weighted by atomic mass is 10.1. The van der Waals surface area contributed by atoms with Crippen molar-refractivity contribution >= 4 is 5.91 Å². The van der Waals surface area contributed by atoms with Gasteiger partial charge in [-0.2, -0.15) is 4.98 Å². The Kier molecular flexibility index (Phi) is 4.22. The van der Waals surface area contributed by atoms with Crippen LogP contribution in [0.25, 0.3) is 0 Å². The zero-order valence-electron chi connectivity index (χ0n) is 12.3. The van der Waals surface area contributed by atoms with Crippen molar-refractivity contribution in [1.29, 1.82) is 0 Å². The predicted octanol–water partition coefficient (Wildman–Crippen LogP) is 1.76. The summed E-state index contributed by atoms with van der Waals surface area (Å²) in [5.41, 5.74) is 0. The highest BCUT2D eigenvalue weighted by Crippen LogP contribution is 2.19. The number of aromatic nitrogens is 2. The van der Waals surface area contributed by atoms with Gasteiger partial charge in [-0.3, -0.25) is 9.78 Å². The van der Waals surface area contributed by atoms with Crippen molar-refractivity contribution in [2.45, 2.75) is 18.9 Å². The number of likely N-dealkylation sites (tertiary alicyclic amines) is 1. The van der Waals surface area contributed by atoms with Crippen LogP contribution in [0.2, 0.25) is 0 Å². The maximum Gasteiger partial charge on any atom is 0.289 e. The first-order valence-corrected chi connectivity index (χ1v) is 7.12. The summed E-state index contributed by atoms with van der Waals surface area (Å²) in [5, 5.41) is 0. The monoisotopic (exact) mass is 303 g/mol. The second-order valence-electron chi connectivity index (χ2n) is 5.01. The summed E-state index contributed by atoms with van der Waals surface area (Å²) in [7, 11) is 1.53. The normalized spacial score (nSPS) is 18.0. The van der Waals surface area contributed by atoms with Crippen LogP contribution < -0.4 is 9.47 Å². The average molecular weight is 303 g/mol. The molecule has 7 heteroatoms. The molecule has 1 fully saturated rings. The lowest BCUT2D eigenvalue weighted by Gasteiger charge is -2.32. The van der Waals surface area contributed by atoms with E-state index >= 15 is 0 Å². The molecule has 0 saturated carbocycles. The standard InChI is InChI=1S/C15H17N3O4/c1-20-13-8-16-9-14(17-13)22-11-4-2-6-18(10-11)15(19)12-5-3-7-21-12/h3,5,7-9,11H,2,4,6,10H2,1H3/t11-/m1/s1. The van der Waals surface area contributed by atoms with Crippen LogP contribution in [0.3, 0.4) is 0 Å². The Morgan fingerprint density at radius 3 is 3.05 bits per heavy atom. The number of carbonyl (C=O) groups is 1. The molecule has 0 spiro atoms. The van der Waals surface area contributed by atoms with Crippen LogP contribution in [0, 0.1) is 0 Å². The Labute approximate surface area is 127 Å². The Morgan fingerprint density at radius 2 is 2.27 bits per heavy atom. The van der Waals surface area contributed by atoms with Crippen molar-refractivity contribution in [2.75, 3.05) is 20.2 Å². The Balaban J connectivity index is 1.64. The number of amides is 1. The SMILES string of the molecule is COc1cncc(O[C@@H]2CCCN(C(=O)c3ccco3)C2)n1. The van der Waals surface area contributed by atoms with Crippen molar-refractivity contribution in [1.82, 2.24) is 14.9 Å². The van der Waals surface area contributed by atoms with Gasteiger partial charge in [-0.25, -0.2) is 0 Å². The molecule has 0 radical (unpaired) electrons. The van der Waals surface area contributed by atoms with Gasteiger partial charge in [0.15, 0.2) is 5.76 Å². The molecular weight excluding hydrogens is 286 g/mol. The summed E-state index contributed by atoms with van der Waals surface area (Å²) >= 11 is 0. The lowest BCUT2D eigenvalue weighted by molar-refractivity contribution is 0.0498.